The Morgan fingerprint density at radius 3 is 2.92 bits per heavy atom. The molecule has 12 nitrogen and oxygen atoms in total. The molecule has 5 atom stereocenters. The third-order valence-electron chi connectivity index (χ3n) is 3.98. The summed E-state index contributed by atoms with van der Waals surface area (Å²) in [7, 11) is -2.62. The number of ether oxygens (including phenoxy) is 1. The van der Waals surface area contributed by atoms with Crippen LogP contribution in [0.2, 0.25) is 5.28 Å². The molecule has 2 saturated heterocycles. The number of rotatable bonds is 2. The third-order valence-corrected chi connectivity index (χ3v) is 5.14. The quantitative estimate of drug-likeness (QED) is 0.397. The molecule has 0 aliphatic carbocycles. The normalized spacial score (nSPS) is 35.0. The van der Waals surface area contributed by atoms with E-state index in [1.54, 1.807) is 7.05 Å². The van der Waals surface area contributed by atoms with Crippen molar-refractivity contribution in [3.63, 3.8) is 0 Å². The van der Waals surface area contributed by atoms with Crippen molar-refractivity contribution in [2.24, 2.45) is 0 Å². The number of phosphoric ester groups is 1. The Morgan fingerprint density at radius 1 is 1.44 bits per heavy atom. The maximum absolute atomic E-state index is 11.6. The van der Waals surface area contributed by atoms with Gasteiger partial charge < -0.3 is 25.8 Å². The van der Waals surface area contributed by atoms with Crippen molar-refractivity contribution in [1.29, 1.82) is 0 Å². The minimum atomic E-state index is -4.23. The summed E-state index contributed by atoms with van der Waals surface area (Å²) in [6, 6.07) is 0. The van der Waals surface area contributed by atoms with E-state index in [2.05, 4.69) is 20.3 Å². The number of aliphatic hydroxyl groups is 1. The summed E-state index contributed by atoms with van der Waals surface area (Å²) in [4.78, 5) is 21.7. The highest BCUT2D eigenvalue weighted by molar-refractivity contribution is 7.47. The number of hydrogen-bond donors (Lipinski definition) is 4. The van der Waals surface area contributed by atoms with Crippen LogP contribution < -0.4 is 11.1 Å². The summed E-state index contributed by atoms with van der Waals surface area (Å²) in [6.07, 6.45) is -4.10. The Labute approximate surface area is 145 Å². The molecule has 14 heteroatoms. The zero-order chi connectivity index (χ0) is 17.9. The number of fused-ring (bicyclic) bond motifs is 2. The van der Waals surface area contributed by atoms with E-state index in [1.165, 1.54) is 4.57 Å². The first-order valence-electron chi connectivity index (χ1n) is 7.18. The molecule has 0 aromatic carbocycles. The van der Waals surface area contributed by atoms with Crippen molar-refractivity contribution < 1.29 is 28.3 Å². The first kappa shape index (κ1) is 16.9. The minimum absolute atomic E-state index is 0.0644. The van der Waals surface area contributed by atoms with Crippen LogP contribution in [0.15, 0.2) is 0 Å². The Kier molecular flexibility index (Phi) is 3.88. The largest absolute Gasteiger partial charge is 0.472 e. The summed E-state index contributed by atoms with van der Waals surface area (Å²) < 4.78 is 28.5. The number of halogens is 1. The van der Waals surface area contributed by atoms with E-state index < -0.39 is 32.4 Å². The van der Waals surface area contributed by atoms with Crippen LogP contribution in [0.25, 0.3) is 11.2 Å². The molecule has 0 spiro atoms. The lowest BCUT2D eigenvalue weighted by molar-refractivity contribution is -0.0659. The fourth-order valence-electron chi connectivity index (χ4n) is 2.93. The second-order valence-corrected chi connectivity index (χ2v) is 7.24. The molecule has 4 heterocycles. The van der Waals surface area contributed by atoms with Crippen molar-refractivity contribution in [2.45, 2.75) is 24.5 Å². The van der Waals surface area contributed by atoms with Crippen molar-refractivity contribution in [2.75, 3.05) is 24.7 Å². The molecule has 0 amide bonds. The smallest absolute Gasteiger partial charge is 0.386 e. The van der Waals surface area contributed by atoms with Crippen LogP contribution in [-0.4, -0.2) is 61.5 Å². The fourth-order valence-corrected chi connectivity index (χ4v) is 4.07. The van der Waals surface area contributed by atoms with Gasteiger partial charge in [0.1, 0.15) is 18.3 Å². The topological polar surface area (TPSA) is 167 Å². The van der Waals surface area contributed by atoms with E-state index in [-0.39, 0.29) is 34.8 Å². The van der Waals surface area contributed by atoms with Crippen LogP contribution >= 0.6 is 19.4 Å². The zero-order valence-corrected chi connectivity index (χ0v) is 14.4. The lowest BCUT2D eigenvalue weighted by Crippen LogP contribution is -2.39. The number of aromatic nitrogens is 4. The fraction of sp³-hybridized carbons (Fsp3) is 0.545. The Morgan fingerprint density at radius 2 is 2.20 bits per heavy atom. The lowest BCUT2D eigenvalue weighted by Gasteiger charge is -2.27. The van der Waals surface area contributed by atoms with Gasteiger partial charge >= 0.3 is 7.82 Å². The van der Waals surface area contributed by atoms with Gasteiger partial charge in [0.15, 0.2) is 23.2 Å². The number of nitrogens with one attached hydrogen (secondary N) is 1. The van der Waals surface area contributed by atoms with Gasteiger partial charge in [0.05, 0.1) is 6.61 Å². The van der Waals surface area contributed by atoms with E-state index >= 15 is 0 Å². The third kappa shape index (κ3) is 2.66. The summed E-state index contributed by atoms with van der Waals surface area (Å²) in [6.45, 7) is -0.203. The van der Waals surface area contributed by atoms with E-state index in [1.807, 2.05) is 0 Å². The molecule has 4 rings (SSSR count). The molecule has 0 radical (unpaired) electrons. The molecule has 5 N–H and O–H groups in total. The van der Waals surface area contributed by atoms with Crippen LogP contribution in [-0.2, 0) is 18.3 Å². The molecular weight excluding hydrogens is 379 g/mol. The monoisotopic (exact) mass is 392 g/mol. The summed E-state index contributed by atoms with van der Waals surface area (Å²) in [5, 5.41) is 13.3. The van der Waals surface area contributed by atoms with Gasteiger partial charge in [0.2, 0.25) is 11.2 Å². The van der Waals surface area contributed by atoms with Crippen LogP contribution in [0.3, 0.4) is 0 Å². The zero-order valence-electron chi connectivity index (χ0n) is 12.7. The van der Waals surface area contributed by atoms with E-state index in [0.717, 1.165) is 0 Å². The van der Waals surface area contributed by atoms with Gasteiger partial charge in [-0.1, -0.05) is 0 Å². The molecule has 2 aliphatic rings. The molecule has 136 valence electrons. The van der Waals surface area contributed by atoms with E-state index in [0.29, 0.717) is 0 Å². The van der Waals surface area contributed by atoms with Crippen LogP contribution in [0.4, 0.5) is 11.8 Å². The first-order chi connectivity index (χ1) is 11.8. The van der Waals surface area contributed by atoms with Gasteiger partial charge in [-0.3, -0.25) is 13.6 Å². The number of phosphoric acid groups is 1. The average molecular weight is 393 g/mol. The Balaban J connectivity index is 1.81. The minimum Gasteiger partial charge on any atom is -0.386 e. The number of nitrogens with two attached hydrogens (primary N) is 1. The van der Waals surface area contributed by atoms with E-state index in [4.69, 9.17) is 31.1 Å². The summed E-state index contributed by atoms with van der Waals surface area (Å²) in [5.74, 6) is 0.351. The van der Waals surface area contributed by atoms with E-state index in [9.17, 15) is 14.6 Å². The van der Waals surface area contributed by atoms with Crippen LogP contribution in [0, 0.1) is 0 Å². The van der Waals surface area contributed by atoms with Crippen molar-refractivity contribution >= 4 is 42.4 Å². The molecular formula is C11H14ClN6O6P. The van der Waals surface area contributed by atoms with Crippen molar-refractivity contribution in [3.8, 4) is 0 Å². The highest BCUT2D eigenvalue weighted by Crippen LogP contribution is 2.52. The molecule has 1 unspecified atom stereocenters. The molecule has 25 heavy (non-hydrogen) atoms. The second-order valence-electron chi connectivity index (χ2n) is 5.50. The second kappa shape index (κ2) is 5.74. The average Bonchev–Trinajstić information content (AvgIpc) is 3.05. The van der Waals surface area contributed by atoms with Crippen LogP contribution in [0.1, 0.15) is 6.23 Å². The molecule has 2 fully saturated rings. The van der Waals surface area contributed by atoms with Gasteiger partial charge in [0, 0.05) is 7.05 Å². The number of nitrogens with zero attached hydrogens (tertiary/aromatic N) is 4. The molecule has 2 aliphatic heterocycles. The molecule has 2 aromatic heterocycles. The maximum atomic E-state index is 11.6. The number of aliphatic hydroxyl groups excluding tert-OH is 1. The number of anilines is 2. The first-order valence-corrected chi connectivity index (χ1v) is 9.06. The predicted octanol–water partition coefficient (Wildman–Crippen LogP) is -0.122. The summed E-state index contributed by atoms with van der Waals surface area (Å²) in [5.41, 5.74) is 6.32. The highest BCUT2D eigenvalue weighted by atomic mass is 35.5. The van der Waals surface area contributed by atoms with Crippen molar-refractivity contribution in [1.82, 2.24) is 19.5 Å². The summed E-state index contributed by atoms with van der Waals surface area (Å²) >= 11 is 5.87. The van der Waals surface area contributed by atoms with Gasteiger partial charge in [-0.25, -0.2) is 9.55 Å². The number of imidazole rings is 1. The standard InChI is InChI=1S/C11H14ClN6O6P/c1-14-11-15-4-7(13)16-10(12)17-8(4)18(11)9-5(19)6-3(23-9)2-22-25(20,21)24-6/h3,5-6,9,19H,2H2,1H3,(H,14,15)(H,20,21)(H2,13,16,17)/t3-,5-,6-,9-/m1/s1. The Bertz CT molecular complexity index is 894. The van der Waals surface area contributed by atoms with Gasteiger partial charge in [-0.2, -0.15) is 9.97 Å². The van der Waals surface area contributed by atoms with Gasteiger partial charge in [0.25, 0.3) is 0 Å². The SMILES string of the molecule is CNc1nc2c(N)nc(Cl)nc2n1[C@@H]1O[C@@H]2COP(=O)(O)O[C@H]2[C@H]1O. The lowest BCUT2D eigenvalue weighted by atomic mass is 10.1. The van der Waals surface area contributed by atoms with Gasteiger partial charge in [-0.05, 0) is 11.6 Å². The van der Waals surface area contributed by atoms with Crippen molar-refractivity contribution in [3.05, 3.63) is 5.28 Å². The predicted molar refractivity (Wildman–Crippen MR) is 84.9 cm³/mol. The molecule has 0 bridgehead atoms. The Hall–Kier alpha value is -1.53. The van der Waals surface area contributed by atoms with Crippen LogP contribution in [0.5, 0.6) is 0 Å². The number of hydrogen-bond acceptors (Lipinski definition) is 10. The number of nitrogen functional groups attached to an aromatic ring is 1. The maximum Gasteiger partial charge on any atom is 0.472 e. The highest BCUT2D eigenvalue weighted by Gasteiger charge is 2.53. The molecule has 2 aromatic rings. The molecule has 0 saturated carbocycles. The van der Waals surface area contributed by atoms with Gasteiger partial charge in [-0.15, -0.1) is 0 Å².